The molecule has 0 radical (unpaired) electrons. The third-order valence-corrected chi connectivity index (χ3v) is 5.42. The summed E-state index contributed by atoms with van der Waals surface area (Å²) in [6.07, 6.45) is 4.01. The predicted octanol–water partition coefficient (Wildman–Crippen LogP) is 2.13. The topological polar surface area (TPSA) is 124 Å². The average molecular weight is 388 g/mol. The van der Waals surface area contributed by atoms with Crippen LogP contribution in [0.4, 0.5) is 5.95 Å². The van der Waals surface area contributed by atoms with Crippen molar-refractivity contribution in [3.8, 4) is 5.69 Å². The first-order chi connectivity index (χ1) is 14.1. The van der Waals surface area contributed by atoms with Gasteiger partial charge in [-0.05, 0) is 50.5 Å². The van der Waals surface area contributed by atoms with E-state index in [0.29, 0.717) is 23.5 Å². The lowest BCUT2D eigenvalue weighted by Crippen LogP contribution is -2.23. The lowest BCUT2D eigenvalue weighted by molar-refractivity contribution is -0.121. The number of pyridine rings is 1. The molecule has 0 bridgehead atoms. The summed E-state index contributed by atoms with van der Waals surface area (Å²) in [5.74, 6) is 0.168. The molecule has 9 nitrogen and oxygen atoms in total. The van der Waals surface area contributed by atoms with E-state index in [1.807, 2.05) is 37.3 Å². The molecule has 1 aliphatic carbocycles. The van der Waals surface area contributed by atoms with Gasteiger partial charge in [0, 0.05) is 23.0 Å². The largest absolute Gasteiger partial charge is 0.369 e. The molecule has 5 rings (SSSR count). The third kappa shape index (κ3) is 3.24. The number of rotatable bonds is 4. The van der Waals surface area contributed by atoms with Crippen LogP contribution in [0.25, 0.3) is 27.8 Å². The number of nitrogens with one attached hydrogen (secondary N) is 1. The summed E-state index contributed by atoms with van der Waals surface area (Å²) in [5.41, 5.74) is 9.41. The number of nitrogens with two attached hydrogens (primary N) is 1. The zero-order valence-electron chi connectivity index (χ0n) is 15.9. The van der Waals surface area contributed by atoms with Gasteiger partial charge >= 0.3 is 0 Å². The molecule has 1 saturated carbocycles. The molecule has 1 aromatic carbocycles. The van der Waals surface area contributed by atoms with Crippen LogP contribution in [0, 0.1) is 12.8 Å². The van der Waals surface area contributed by atoms with Crippen LogP contribution in [0.1, 0.15) is 25.0 Å². The van der Waals surface area contributed by atoms with Crippen LogP contribution in [0.15, 0.2) is 36.5 Å². The molecule has 0 saturated heterocycles. The molecule has 3 heterocycles. The molecule has 3 N–H and O–H groups in total. The average Bonchev–Trinajstić information content (AvgIpc) is 3.34. The van der Waals surface area contributed by atoms with Crippen molar-refractivity contribution in [3.05, 3.63) is 42.2 Å². The number of nitrogens with zero attached hydrogens (tertiary/aromatic N) is 6. The van der Waals surface area contributed by atoms with Crippen LogP contribution >= 0.6 is 0 Å². The molecule has 1 aliphatic rings. The number of hydrogen-bond acceptors (Lipinski definition) is 7. The van der Waals surface area contributed by atoms with Crippen molar-refractivity contribution in [3.63, 3.8) is 0 Å². The molecule has 2 atom stereocenters. The van der Waals surface area contributed by atoms with E-state index in [1.165, 1.54) is 0 Å². The minimum atomic E-state index is -0.242. The van der Waals surface area contributed by atoms with Crippen molar-refractivity contribution < 1.29 is 4.79 Å². The van der Waals surface area contributed by atoms with Gasteiger partial charge in [0.1, 0.15) is 0 Å². The summed E-state index contributed by atoms with van der Waals surface area (Å²) >= 11 is 0. The second kappa shape index (κ2) is 6.77. The summed E-state index contributed by atoms with van der Waals surface area (Å²) in [7, 11) is 0. The van der Waals surface area contributed by atoms with Gasteiger partial charge in [0.25, 0.3) is 0 Å². The molecule has 29 heavy (non-hydrogen) atoms. The van der Waals surface area contributed by atoms with Gasteiger partial charge in [-0.15, -0.1) is 5.10 Å². The lowest BCUT2D eigenvalue weighted by Gasteiger charge is -2.12. The van der Waals surface area contributed by atoms with E-state index >= 15 is 0 Å². The number of primary amides is 1. The van der Waals surface area contributed by atoms with E-state index in [1.54, 1.807) is 10.9 Å². The summed E-state index contributed by atoms with van der Waals surface area (Å²) < 4.78 is 1.70. The normalized spacial score (nSPS) is 19.1. The fourth-order valence-corrected chi connectivity index (χ4v) is 3.87. The van der Waals surface area contributed by atoms with Gasteiger partial charge in [-0.1, -0.05) is 11.3 Å². The van der Waals surface area contributed by atoms with Gasteiger partial charge in [-0.3, -0.25) is 9.78 Å². The van der Waals surface area contributed by atoms with Gasteiger partial charge in [0.2, 0.25) is 11.9 Å². The summed E-state index contributed by atoms with van der Waals surface area (Å²) in [5, 5.41) is 12.8. The highest BCUT2D eigenvalue weighted by molar-refractivity contribution is 5.82. The Morgan fingerprint density at radius 2 is 2.07 bits per heavy atom. The highest BCUT2D eigenvalue weighted by Gasteiger charge is 2.28. The predicted molar refractivity (Wildman–Crippen MR) is 108 cm³/mol. The van der Waals surface area contributed by atoms with E-state index in [-0.39, 0.29) is 17.9 Å². The van der Waals surface area contributed by atoms with Crippen LogP contribution in [-0.2, 0) is 4.79 Å². The zero-order valence-corrected chi connectivity index (χ0v) is 15.9. The van der Waals surface area contributed by atoms with Crippen LogP contribution in [0.3, 0.4) is 0 Å². The Balaban J connectivity index is 1.47. The molecular formula is C20H20N8O. The molecule has 9 heteroatoms. The molecule has 1 amide bonds. The number of carbonyl (C=O) groups excluding carboxylic acids is 1. The second-order valence-electron chi connectivity index (χ2n) is 7.49. The Morgan fingerprint density at radius 1 is 1.17 bits per heavy atom. The highest BCUT2D eigenvalue weighted by atomic mass is 16.1. The molecule has 1 fully saturated rings. The van der Waals surface area contributed by atoms with Gasteiger partial charge in [-0.25, -0.2) is 4.98 Å². The number of aromatic nitrogens is 6. The molecule has 0 spiro atoms. The van der Waals surface area contributed by atoms with Crippen molar-refractivity contribution >= 4 is 33.9 Å². The van der Waals surface area contributed by atoms with Gasteiger partial charge < -0.3 is 11.1 Å². The maximum atomic E-state index is 11.4. The fraction of sp³-hybridized carbons (Fsp3) is 0.300. The highest BCUT2D eigenvalue weighted by Crippen LogP contribution is 2.27. The van der Waals surface area contributed by atoms with Gasteiger partial charge in [0.05, 0.1) is 17.4 Å². The van der Waals surface area contributed by atoms with Crippen molar-refractivity contribution in [1.29, 1.82) is 0 Å². The minimum Gasteiger partial charge on any atom is -0.369 e. The van der Waals surface area contributed by atoms with Crippen LogP contribution in [0.2, 0.25) is 0 Å². The maximum Gasteiger partial charge on any atom is 0.225 e. The fourth-order valence-electron chi connectivity index (χ4n) is 3.87. The minimum absolute atomic E-state index is 0.0849. The van der Waals surface area contributed by atoms with E-state index < -0.39 is 0 Å². The van der Waals surface area contributed by atoms with Gasteiger partial charge in [-0.2, -0.15) is 9.67 Å². The van der Waals surface area contributed by atoms with Crippen molar-refractivity contribution in [2.75, 3.05) is 5.32 Å². The molecule has 2 unspecified atom stereocenters. The second-order valence-corrected chi connectivity index (χ2v) is 7.49. The summed E-state index contributed by atoms with van der Waals surface area (Å²) in [6.45, 7) is 1.97. The first-order valence-corrected chi connectivity index (χ1v) is 9.59. The maximum absolute atomic E-state index is 11.4. The van der Waals surface area contributed by atoms with E-state index in [9.17, 15) is 4.79 Å². The Hall–Kier alpha value is -3.62. The van der Waals surface area contributed by atoms with E-state index in [2.05, 4.69) is 30.6 Å². The molecule has 3 aromatic heterocycles. The lowest BCUT2D eigenvalue weighted by atomic mass is 10.1. The Bertz CT molecular complexity index is 1230. The SMILES string of the molecule is Cc1ccc2cc(-n3nnc4cnc(NC5CCC(C(N)=O)C5)nc43)ccc2n1. The molecule has 146 valence electrons. The first kappa shape index (κ1) is 17.5. The number of carbonyl (C=O) groups is 1. The van der Waals surface area contributed by atoms with E-state index in [0.717, 1.165) is 35.1 Å². The Kier molecular flexibility index (Phi) is 4.08. The monoisotopic (exact) mass is 388 g/mol. The van der Waals surface area contributed by atoms with E-state index in [4.69, 9.17) is 5.73 Å². The van der Waals surface area contributed by atoms with Crippen LogP contribution in [0.5, 0.6) is 0 Å². The number of hydrogen-bond donors (Lipinski definition) is 2. The zero-order chi connectivity index (χ0) is 20.0. The number of benzene rings is 1. The van der Waals surface area contributed by atoms with Crippen LogP contribution < -0.4 is 11.1 Å². The number of aryl methyl sites for hydroxylation is 1. The standard InChI is InChI=1S/C20H20N8O/c1-11-2-3-12-9-15(6-7-16(12)23-11)28-19-17(26-27-28)10-22-20(25-19)24-14-5-4-13(8-14)18(21)29/h2-3,6-7,9-10,13-14H,4-5,8H2,1H3,(H2,21,29)(H,22,24,25). The number of anilines is 1. The Labute approximate surface area is 166 Å². The molecular weight excluding hydrogens is 368 g/mol. The van der Waals surface area contributed by atoms with Crippen molar-refractivity contribution in [2.45, 2.75) is 32.2 Å². The smallest absolute Gasteiger partial charge is 0.225 e. The Morgan fingerprint density at radius 3 is 2.90 bits per heavy atom. The molecule has 4 aromatic rings. The number of fused-ring (bicyclic) bond motifs is 2. The van der Waals surface area contributed by atoms with Gasteiger partial charge in [0.15, 0.2) is 11.2 Å². The first-order valence-electron chi connectivity index (χ1n) is 9.59. The van der Waals surface area contributed by atoms with Crippen LogP contribution in [-0.4, -0.2) is 41.9 Å². The quantitative estimate of drug-likeness (QED) is 0.549. The van der Waals surface area contributed by atoms with Crippen molar-refractivity contribution in [1.82, 2.24) is 29.9 Å². The number of amides is 1. The summed E-state index contributed by atoms with van der Waals surface area (Å²) in [4.78, 5) is 24.9. The molecule has 0 aliphatic heterocycles. The van der Waals surface area contributed by atoms with Crippen molar-refractivity contribution in [2.24, 2.45) is 11.7 Å². The summed E-state index contributed by atoms with van der Waals surface area (Å²) in [6, 6.07) is 10.1. The third-order valence-electron chi connectivity index (χ3n) is 5.42.